The minimum Gasteiger partial charge on any atom is -0.389 e. The fourth-order valence-corrected chi connectivity index (χ4v) is 6.16. The number of hydrogen-bond acceptors (Lipinski definition) is 6. The molecule has 2 aromatic carbocycles. The number of aldehydes is 1. The second kappa shape index (κ2) is 8.71. The summed E-state index contributed by atoms with van der Waals surface area (Å²) in [6.07, 6.45) is 3.21. The zero-order chi connectivity index (χ0) is 23.0. The van der Waals surface area contributed by atoms with E-state index in [1.54, 1.807) is 0 Å². The molecule has 0 spiro atoms. The first kappa shape index (κ1) is 22.5. The molecule has 1 N–H and O–H groups in total. The fraction of sp³-hybridized carbons (Fsp3) is 0.435. The third-order valence-corrected chi connectivity index (χ3v) is 7.78. The number of fused-ring (bicyclic) bond motifs is 1. The Morgan fingerprint density at radius 2 is 1.56 bits per heavy atom. The van der Waals surface area contributed by atoms with E-state index in [4.69, 9.17) is 0 Å². The third kappa shape index (κ3) is 3.73. The van der Waals surface area contributed by atoms with Crippen molar-refractivity contribution in [3.05, 3.63) is 84.4 Å². The summed E-state index contributed by atoms with van der Waals surface area (Å²) >= 11 is 3.40. The molecule has 0 amide bonds. The van der Waals surface area contributed by atoms with Gasteiger partial charge in [-0.1, -0.05) is 53.0 Å². The molecule has 0 radical (unpaired) electrons. The van der Waals surface area contributed by atoms with Crippen molar-refractivity contribution in [1.82, 2.24) is 0 Å². The second-order valence-corrected chi connectivity index (χ2v) is 9.65. The van der Waals surface area contributed by atoms with Gasteiger partial charge in [0, 0.05) is 27.4 Å². The quantitative estimate of drug-likeness (QED) is 0.361. The molecule has 4 rings (SSSR count). The van der Waals surface area contributed by atoms with Crippen LogP contribution in [-0.2, 0) is 4.79 Å². The topological polar surface area (TPSA) is 124 Å². The van der Waals surface area contributed by atoms with E-state index in [-0.39, 0.29) is 10.6 Å². The molecule has 0 unspecified atom stereocenters. The summed E-state index contributed by atoms with van der Waals surface area (Å²) in [6.45, 7) is 0. The number of carbonyl (C=O) groups excluding carboxylic acids is 1. The molecule has 0 heterocycles. The van der Waals surface area contributed by atoms with Gasteiger partial charge in [0.2, 0.25) is 6.04 Å². The summed E-state index contributed by atoms with van der Waals surface area (Å²) < 4.78 is 0.839. The van der Waals surface area contributed by atoms with Gasteiger partial charge in [0.25, 0.3) is 5.69 Å². The van der Waals surface area contributed by atoms with Gasteiger partial charge in [-0.15, -0.1) is 0 Å². The minimum atomic E-state index is -1.38. The van der Waals surface area contributed by atoms with E-state index in [1.807, 2.05) is 24.3 Å². The molecule has 9 heteroatoms. The largest absolute Gasteiger partial charge is 0.389 e. The maximum Gasteiger partial charge on any atom is 0.269 e. The highest BCUT2D eigenvalue weighted by atomic mass is 79.9. The molecule has 168 valence electrons. The summed E-state index contributed by atoms with van der Waals surface area (Å²) in [5.74, 6) is -2.91. The molecule has 2 aromatic rings. The van der Waals surface area contributed by atoms with E-state index in [2.05, 4.69) is 15.9 Å². The summed E-state index contributed by atoms with van der Waals surface area (Å²) in [5.41, 5.74) is -0.314. The average Bonchev–Trinajstić information content (AvgIpc) is 2.77. The molecule has 2 aliphatic carbocycles. The molecule has 32 heavy (non-hydrogen) atoms. The molecule has 2 fully saturated rings. The van der Waals surface area contributed by atoms with Gasteiger partial charge in [-0.25, -0.2) is 0 Å². The molecular formula is C23H23BrN2O6. The standard InChI is InChI=1S/C23H23BrN2O6/c24-16-8-4-14(5-9-16)20-18-3-1-2-12-23(18,28)19(13-27)21(22(20)26(31)32)15-6-10-17(11-7-15)25(29)30/h4-11,13,18-22,28H,1-3,12H2/t18-,19+,20-,21+,22+,23-/m0/s1. The highest BCUT2D eigenvalue weighted by Gasteiger charge is 2.63. The molecular weight excluding hydrogens is 480 g/mol. The number of nitro groups is 2. The number of rotatable bonds is 5. The Hall–Kier alpha value is -2.65. The van der Waals surface area contributed by atoms with E-state index < -0.39 is 40.2 Å². The van der Waals surface area contributed by atoms with E-state index in [9.17, 15) is 30.1 Å². The number of nitro benzene ring substituents is 1. The zero-order valence-corrected chi connectivity index (χ0v) is 18.8. The lowest BCUT2D eigenvalue weighted by Gasteiger charge is -2.54. The maximum atomic E-state index is 12.5. The molecule has 0 saturated heterocycles. The van der Waals surface area contributed by atoms with Gasteiger partial charge in [-0.3, -0.25) is 20.2 Å². The van der Waals surface area contributed by atoms with E-state index >= 15 is 0 Å². The first-order valence-corrected chi connectivity index (χ1v) is 11.4. The van der Waals surface area contributed by atoms with Gasteiger partial charge in [0.05, 0.1) is 28.3 Å². The SMILES string of the molecule is O=C[C@@H]1[C@@H](c2ccc([N+](=O)[O-])cc2)[C@H]([N+](=O)[O-])[C@@H](c2ccc(Br)cc2)[C@@H]2CCCC[C@@]12O. The highest BCUT2D eigenvalue weighted by molar-refractivity contribution is 9.10. The van der Waals surface area contributed by atoms with Crippen molar-refractivity contribution in [1.29, 1.82) is 0 Å². The number of halogens is 1. The van der Waals surface area contributed by atoms with Crippen LogP contribution in [0.25, 0.3) is 0 Å². The summed E-state index contributed by atoms with van der Waals surface area (Å²) in [7, 11) is 0. The number of aliphatic hydroxyl groups is 1. The van der Waals surface area contributed by atoms with Gasteiger partial charge in [-0.2, -0.15) is 0 Å². The van der Waals surface area contributed by atoms with Crippen LogP contribution >= 0.6 is 15.9 Å². The Balaban J connectivity index is 1.91. The van der Waals surface area contributed by atoms with E-state index in [0.29, 0.717) is 24.7 Å². The lowest BCUT2D eigenvalue weighted by Crippen LogP contribution is -2.61. The number of benzene rings is 2. The van der Waals surface area contributed by atoms with Crippen LogP contribution in [0.4, 0.5) is 5.69 Å². The number of carbonyl (C=O) groups is 1. The number of nitrogens with zero attached hydrogens (tertiary/aromatic N) is 2. The Kier molecular flexibility index (Phi) is 6.13. The average molecular weight is 503 g/mol. The summed E-state index contributed by atoms with van der Waals surface area (Å²) in [5, 5.41) is 35.4. The first-order valence-electron chi connectivity index (χ1n) is 10.6. The van der Waals surface area contributed by atoms with Crippen LogP contribution in [0.1, 0.15) is 48.6 Å². The van der Waals surface area contributed by atoms with Crippen molar-refractivity contribution in [2.45, 2.75) is 49.2 Å². The molecule has 8 nitrogen and oxygen atoms in total. The van der Waals surface area contributed by atoms with Crippen LogP contribution in [0, 0.1) is 32.1 Å². The van der Waals surface area contributed by atoms with Crippen molar-refractivity contribution in [3.63, 3.8) is 0 Å². The molecule has 0 aliphatic heterocycles. The minimum absolute atomic E-state index is 0.136. The van der Waals surface area contributed by atoms with Crippen LogP contribution in [0.2, 0.25) is 0 Å². The van der Waals surface area contributed by atoms with Crippen molar-refractivity contribution in [2.24, 2.45) is 11.8 Å². The van der Waals surface area contributed by atoms with E-state index in [1.165, 1.54) is 24.3 Å². The van der Waals surface area contributed by atoms with Gasteiger partial charge in [0.15, 0.2) is 0 Å². The van der Waals surface area contributed by atoms with Gasteiger partial charge in [-0.05, 0) is 36.1 Å². The van der Waals surface area contributed by atoms with Crippen LogP contribution < -0.4 is 0 Å². The smallest absolute Gasteiger partial charge is 0.269 e. The molecule has 0 bridgehead atoms. The summed E-state index contributed by atoms with van der Waals surface area (Å²) in [6, 6.07) is 11.7. The fourth-order valence-electron chi connectivity index (χ4n) is 5.90. The second-order valence-electron chi connectivity index (χ2n) is 8.73. The molecule has 0 aromatic heterocycles. The Morgan fingerprint density at radius 3 is 2.12 bits per heavy atom. The summed E-state index contributed by atoms with van der Waals surface area (Å²) in [4.78, 5) is 35.0. The van der Waals surface area contributed by atoms with Crippen molar-refractivity contribution in [3.8, 4) is 0 Å². The number of non-ortho nitro benzene ring substituents is 1. The van der Waals surface area contributed by atoms with Crippen LogP contribution in [0.5, 0.6) is 0 Å². The van der Waals surface area contributed by atoms with Crippen molar-refractivity contribution >= 4 is 27.9 Å². The maximum absolute atomic E-state index is 12.5. The molecule has 2 aliphatic rings. The predicted octanol–water partition coefficient (Wildman–Crippen LogP) is 4.62. The Morgan fingerprint density at radius 1 is 0.969 bits per heavy atom. The first-order chi connectivity index (χ1) is 15.3. The van der Waals surface area contributed by atoms with Crippen molar-refractivity contribution < 1.29 is 19.7 Å². The highest BCUT2D eigenvalue weighted by Crippen LogP contribution is 2.58. The van der Waals surface area contributed by atoms with E-state index in [0.717, 1.165) is 22.9 Å². The van der Waals surface area contributed by atoms with Gasteiger partial charge >= 0.3 is 0 Å². The van der Waals surface area contributed by atoms with Crippen LogP contribution in [-0.4, -0.2) is 32.9 Å². The lowest BCUT2D eigenvalue weighted by atomic mass is 9.51. The predicted molar refractivity (Wildman–Crippen MR) is 120 cm³/mol. The monoisotopic (exact) mass is 502 g/mol. The number of hydrogen-bond donors (Lipinski definition) is 1. The van der Waals surface area contributed by atoms with Crippen LogP contribution in [0.15, 0.2) is 53.0 Å². The Labute approximate surface area is 193 Å². The third-order valence-electron chi connectivity index (χ3n) is 7.25. The normalized spacial score (nSPS) is 32.0. The lowest BCUT2D eigenvalue weighted by molar-refractivity contribution is -0.541. The molecule has 6 atom stereocenters. The zero-order valence-electron chi connectivity index (χ0n) is 17.2. The Bertz CT molecular complexity index is 1030. The molecule has 2 saturated carbocycles. The van der Waals surface area contributed by atoms with Gasteiger partial charge in [0.1, 0.15) is 6.29 Å². The van der Waals surface area contributed by atoms with Crippen LogP contribution in [0.3, 0.4) is 0 Å². The van der Waals surface area contributed by atoms with Crippen molar-refractivity contribution in [2.75, 3.05) is 0 Å². The van der Waals surface area contributed by atoms with Gasteiger partial charge < -0.3 is 9.90 Å².